The first kappa shape index (κ1) is 15.1. The van der Waals surface area contributed by atoms with Crippen molar-refractivity contribution in [2.75, 3.05) is 13.2 Å². The SMILES string of the molecule is CCOC(=O)NC(=O)Cn1cc(CCCCN)nn1. The summed E-state index contributed by atoms with van der Waals surface area (Å²) in [5.74, 6) is -0.489. The Morgan fingerprint density at radius 3 is 2.95 bits per heavy atom. The number of hydrogen-bond donors (Lipinski definition) is 2. The number of nitrogens with zero attached hydrogens (tertiary/aromatic N) is 3. The number of nitrogens with one attached hydrogen (secondary N) is 1. The standard InChI is InChI=1S/C11H19N5O3/c1-2-19-11(18)13-10(17)8-16-7-9(14-15-16)5-3-4-6-12/h7H,2-6,8,12H2,1H3,(H,13,17,18). The van der Waals surface area contributed by atoms with Crippen molar-refractivity contribution in [2.45, 2.75) is 32.7 Å². The molecule has 0 radical (unpaired) electrons. The summed E-state index contributed by atoms with van der Waals surface area (Å²) in [4.78, 5) is 22.5. The van der Waals surface area contributed by atoms with E-state index in [1.54, 1.807) is 13.1 Å². The van der Waals surface area contributed by atoms with Gasteiger partial charge in [0.25, 0.3) is 5.91 Å². The molecule has 1 heterocycles. The lowest BCUT2D eigenvalue weighted by Crippen LogP contribution is -2.33. The zero-order chi connectivity index (χ0) is 14.1. The Morgan fingerprint density at radius 2 is 2.26 bits per heavy atom. The van der Waals surface area contributed by atoms with E-state index in [0.29, 0.717) is 6.54 Å². The van der Waals surface area contributed by atoms with Gasteiger partial charge in [0.2, 0.25) is 0 Å². The molecule has 0 saturated carbocycles. The lowest BCUT2D eigenvalue weighted by atomic mass is 10.2. The smallest absolute Gasteiger partial charge is 0.413 e. The van der Waals surface area contributed by atoms with Crippen molar-refractivity contribution in [3.63, 3.8) is 0 Å². The molecule has 106 valence electrons. The van der Waals surface area contributed by atoms with Crippen LogP contribution in [0.4, 0.5) is 4.79 Å². The van der Waals surface area contributed by atoms with E-state index >= 15 is 0 Å². The molecule has 8 nitrogen and oxygen atoms in total. The molecule has 0 aromatic carbocycles. The van der Waals surface area contributed by atoms with Crippen LogP contribution in [-0.2, 0) is 22.5 Å². The third kappa shape index (κ3) is 5.96. The fraction of sp³-hybridized carbons (Fsp3) is 0.636. The van der Waals surface area contributed by atoms with E-state index in [1.807, 2.05) is 0 Å². The number of ether oxygens (including phenoxy) is 1. The van der Waals surface area contributed by atoms with E-state index in [2.05, 4.69) is 20.4 Å². The van der Waals surface area contributed by atoms with Crippen LogP contribution in [0.5, 0.6) is 0 Å². The Balaban J connectivity index is 2.36. The van der Waals surface area contributed by atoms with Crippen molar-refractivity contribution in [3.05, 3.63) is 11.9 Å². The van der Waals surface area contributed by atoms with E-state index in [1.165, 1.54) is 4.68 Å². The average molecular weight is 269 g/mol. The van der Waals surface area contributed by atoms with Gasteiger partial charge in [-0.3, -0.25) is 10.1 Å². The minimum absolute atomic E-state index is 0.0668. The second kappa shape index (κ2) is 8.20. The normalized spacial score (nSPS) is 10.2. The number of amides is 2. The highest BCUT2D eigenvalue weighted by atomic mass is 16.5. The molecule has 3 N–H and O–H groups in total. The van der Waals surface area contributed by atoms with Crippen LogP contribution < -0.4 is 11.1 Å². The minimum atomic E-state index is -0.754. The zero-order valence-corrected chi connectivity index (χ0v) is 11.0. The van der Waals surface area contributed by atoms with Crippen LogP contribution in [-0.4, -0.2) is 40.1 Å². The molecular weight excluding hydrogens is 250 g/mol. The number of imide groups is 1. The summed E-state index contributed by atoms with van der Waals surface area (Å²) in [6.07, 6.45) is 3.56. The van der Waals surface area contributed by atoms with Crippen LogP contribution >= 0.6 is 0 Å². The molecule has 0 aliphatic heterocycles. The molecule has 19 heavy (non-hydrogen) atoms. The number of aryl methyl sites for hydroxylation is 1. The van der Waals surface area contributed by atoms with Crippen molar-refractivity contribution < 1.29 is 14.3 Å². The number of hydrogen-bond acceptors (Lipinski definition) is 6. The Labute approximate surface area is 111 Å². The van der Waals surface area contributed by atoms with Gasteiger partial charge in [-0.15, -0.1) is 5.10 Å². The van der Waals surface area contributed by atoms with Gasteiger partial charge in [0.15, 0.2) is 0 Å². The van der Waals surface area contributed by atoms with Gasteiger partial charge in [-0.25, -0.2) is 9.48 Å². The third-order valence-corrected chi connectivity index (χ3v) is 2.30. The molecule has 0 unspecified atom stereocenters. The summed E-state index contributed by atoms with van der Waals surface area (Å²) in [6.45, 7) is 2.46. The van der Waals surface area contributed by atoms with Crippen molar-refractivity contribution in [1.82, 2.24) is 20.3 Å². The molecule has 1 aromatic rings. The summed E-state index contributed by atoms with van der Waals surface area (Å²) >= 11 is 0. The minimum Gasteiger partial charge on any atom is -0.450 e. The van der Waals surface area contributed by atoms with Crippen LogP contribution in [0.1, 0.15) is 25.5 Å². The van der Waals surface area contributed by atoms with Crippen LogP contribution in [0.25, 0.3) is 0 Å². The highest BCUT2D eigenvalue weighted by Gasteiger charge is 2.10. The van der Waals surface area contributed by atoms with E-state index in [9.17, 15) is 9.59 Å². The number of alkyl carbamates (subject to hydrolysis) is 1. The molecule has 0 bridgehead atoms. The summed E-state index contributed by atoms with van der Waals surface area (Å²) < 4.78 is 5.97. The van der Waals surface area contributed by atoms with Crippen LogP contribution in [0.15, 0.2) is 6.20 Å². The maximum Gasteiger partial charge on any atom is 0.413 e. The second-order valence-corrected chi connectivity index (χ2v) is 3.92. The van der Waals surface area contributed by atoms with Gasteiger partial charge >= 0.3 is 6.09 Å². The van der Waals surface area contributed by atoms with Gasteiger partial charge in [0.05, 0.1) is 12.3 Å². The number of unbranched alkanes of at least 4 members (excludes halogenated alkanes) is 1. The van der Waals surface area contributed by atoms with Gasteiger partial charge in [-0.2, -0.15) is 0 Å². The van der Waals surface area contributed by atoms with E-state index in [0.717, 1.165) is 25.0 Å². The molecular formula is C11H19N5O3. The maximum absolute atomic E-state index is 11.5. The second-order valence-electron chi connectivity index (χ2n) is 3.92. The summed E-state index contributed by atoms with van der Waals surface area (Å²) in [7, 11) is 0. The van der Waals surface area contributed by atoms with Gasteiger partial charge in [0.1, 0.15) is 6.54 Å². The van der Waals surface area contributed by atoms with Gasteiger partial charge < -0.3 is 10.5 Å². The lowest BCUT2D eigenvalue weighted by molar-refractivity contribution is -0.121. The number of carbonyl (C=O) groups is 2. The van der Waals surface area contributed by atoms with Crippen molar-refractivity contribution in [3.8, 4) is 0 Å². The van der Waals surface area contributed by atoms with Crippen LogP contribution in [0, 0.1) is 0 Å². The molecule has 0 saturated heterocycles. The lowest BCUT2D eigenvalue weighted by Gasteiger charge is -2.03. The molecule has 0 atom stereocenters. The Morgan fingerprint density at radius 1 is 1.47 bits per heavy atom. The number of aromatic nitrogens is 3. The summed E-state index contributed by atoms with van der Waals surface area (Å²) in [5.41, 5.74) is 6.20. The van der Waals surface area contributed by atoms with Crippen molar-refractivity contribution in [2.24, 2.45) is 5.73 Å². The van der Waals surface area contributed by atoms with Gasteiger partial charge in [-0.1, -0.05) is 5.21 Å². The van der Waals surface area contributed by atoms with Crippen molar-refractivity contribution >= 4 is 12.0 Å². The molecule has 2 amide bonds. The molecule has 1 rings (SSSR count). The average Bonchev–Trinajstić information content (AvgIpc) is 2.77. The van der Waals surface area contributed by atoms with E-state index in [-0.39, 0.29) is 13.2 Å². The Kier molecular flexibility index (Phi) is 6.51. The van der Waals surface area contributed by atoms with Crippen LogP contribution in [0.3, 0.4) is 0 Å². The first-order chi connectivity index (χ1) is 9.15. The Hall–Kier alpha value is -1.96. The topological polar surface area (TPSA) is 112 Å². The molecule has 1 aromatic heterocycles. The molecule has 0 fully saturated rings. The number of rotatable bonds is 7. The fourth-order valence-electron chi connectivity index (χ4n) is 1.45. The fourth-order valence-corrected chi connectivity index (χ4v) is 1.45. The molecule has 0 aliphatic carbocycles. The predicted octanol–water partition coefficient (Wildman–Crippen LogP) is -0.168. The maximum atomic E-state index is 11.5. The van der Waals surface area contributed by atoms with E-state index < -0.39 is 12.0 Å². The molecule has 8 heteroatoms. The highest BCUT2D eigenvalue weighted by Crippen LogP contribution is 2.00. The quantitative estimate of drug-likeness (QED) is 0.665. The van der Waals surface area contributed by atoms with Crippen LogP contribution in [0.2, 0.25) is 0 Å². The van der Waals surface area contributed by atoms with Crippen molar-refractivity contribution in [1.29, 1.82) is 0 Å². The molecule has 0 spiro atoms. The summed E-state index contributed by atoms with van der Waals surface area (Å²) in [6, 6.07) is 0. The monoisotopic (exact) mass is 269 g/mol. The van der Waals surface area contributed by atoms with Gasteiger partial charge in [-0.05, 0) is 32.7 Å². The number of nitrogens with two attached hydrogens (primary N) is 1. The zero-order valence-electron chi connectivity index (χ0n) is 11.0. The predicted molar refractivity (Wildman–Crippen MR) is 67.2 cm³/mol. The molecule has 0 aliphatic rings. The first-order valence-electron chi connectivity index (χ1n) is 6.21. The highest BCUT2D eigenvalue weighted by molar-refractivity contribution is 5.91. The van der Waals surface area contributed by atoms with Gasteiger partial charge in [0, 0.05) is 6.20 Å². The summed E-state index contributed by atoms with van der Waals surface area (Å²) in [5, 5.41) is 9.83. The largest absolute Gasteiger partial charge is 0.450 e. The number of carbonyl (C=O) groups excluding carboxylic acids is 2. The third-order valence-electron chi connectivity index (χ3n) is 2.30. The first-order valence-corrected chi connectivity index (χ1v) is 6.21. The van der Waals surface area contributed by atoms with E-state index in [4.69, 9.17) is 5.73 Å². The Bertz CT molecular complexity index is 418.